The van der Waals surface area contributed by atoms with Crippen molar-refractivity contribution in [1.29, 1.82) is 0 Å². The van der Waals surface area contributed by atoms with Gasteiger partial charge >= 0.3 is 0 Å². The fraction of sp³-hybridized carbons (Fsp3) is 0.0556. The van der Waals surface area contributed by atoms with E-state index in [1.165, 1.54) is 30.8 Å². The van der Waals surface area contributed by atoms with E-state index in [0.29, 0.717) is 0 Å². The molecular formula is C18H14O2S4. The van der Waals surface area contributed by atoms with Crippen molar-refractivity contribution in [3.63, 3.8) is 0 Å². The Balaban J connectivity index is 0.000000141. The van der Waals surface area contributed by atoms with Gasteiger partial charge in [-0.2, -0.15) is 0 Å². The van der Waals surface area contributed by atoms with E-state index in [9.17, 15) is 4.79 Å². The van der Waals surface area contributed by atoms with E-state index in [4.69, 9.17) is 5.11 Å². The zero-order valence-corrected chi connectivity index (χ0v) is 15.8. The number of carbonyl (C=O) groups is 1. The average molecular weight is 391 g/mol. The number of aldehydes is 1. The van der Waals surface area contributed by atoms with E-state index in [0.717, 1.165) is 16.0 Å². The standard InChI is InChI=1S/C9H8OS2.C9H6OS2/c2*10-6-7-3-4-9(12-7)8-2-1-5-11-8/h1-5,10H,6H2;1-6H. The molecule has 0 aromatic carbocycles. The summed E-state index contributed by atoms with van der Waals surface area (Å²) in [5, 5.41) is 13.0. The third-order valence-electron chi connectivity index (χ3n) is 3.09. The molecule has 0 spiro atoms. The van der Waals surface area contributed by atoms with Gasteiger partial charge in [-0.05, 0) is 47.2 Å². The summed E-state index contributed by atoms with van der Waals surface area (Å²) in [6.45, 7) is 0.149. The fourth-order valence-electron chi connectivity index (χ4n) is 1.98. The third-order valence-corrected chi connectivity index (χ3v) is 7.30. The van der Waals surface area contributed by atoms with Crippen LogP contribution in [0.3, 0.4) is 0 Å². The Hall–Kier alpha value is -1.57. The first kappa shape index (κ1) is 17.3. The van der Waals surface area contributed by atoms with Crippen LogP contribution in [0.5, 0.6) is 0 Å². The van der Waals surface area contributed by atoms with E-state index in [1.54, 1.807) is 34.0 Å². The Kier molecular flexibility index (Phi) is 6.12. The molecule has 0 aliphatic heterocycles. The molecule has 0 saturated heterocycles. The number of aliphatic hydroxyl groups excluding tert-OH is 1. The number of hydrogen-bond acceptors (Lipinski definition) is 6. The van der Waals surface area contributed by atoms with E-state index in [-0.39, 0.29) is 6.61 Å². The summed E-state index contributed by atoms with van der Waals surface area (Å²) in [4.78, 5) is 17.1. The maximum atomic E-state index is 10.4. The normalized spacial score (nSPS) is 10.2. The second-order valence-electron chi connectivity index (χ2n) is 4.70. The Bertz CT molecular complexity index is 870. The molecular weight excluding hydrogens is 376 g/mol. The molecule has 6 heteroatoms. The highest BCUT2D eigenvalue weighted by atomic mass is 32.1. The second-order valence-corrected chi connectivity index (χ2v) is 8.88. The lowest BCUT2D eigenvalue weighted by Gasteiger charge is -1.87. The van der Waals surface area contributed by atoms with Crippen LogP contribution in [0.1, 0.15) is 14.5 Å². The summed E-state index contributed by atoms with van der Waals surface area (Å²) in [7, 11) is 0. The van der Waals surface area contributed by atoms with Crippen LogP contribution in [0.25, 0.3) is 19.5 Å². The second kappa shape index (κ2) is 8.50. The summed E-state index contributed by atoms with van der Waals surface area (Å²) >= 11 is 6.61. The van der Waals surface area contributed by atoms with Crippen molar-refractivity contribution in [3.05, 3.63) is 69.0 Å². The van der Waals surface area contributed by atoms with Crippen LogP contribution in [-0.2, 0) is 6.61 Å². The van der Waals surface area contributed by atoms with Crippen LogP contribution in [0.15, 0.2) is 59.3 Å². The van der Waals surface area contributed by atoms with Gasteiger partial charge < -0.3 is 5.11 Å². The Morgan fingerprint density at radius 1 is 0.792 bits per heavy atom. The van der Waals surface area contributed by atoms with E-state index in [2.05, 4.69) is 23.6 Å². The maximum absolute atomic E-state index is 10.4. The van der Waals surface area contributed by atoms with Gasteiger partial charge in [0, 0.05) is 24.4 Å². The molecule has 0 unspecified atom stereocenters. The van der Waals surface area contributed by atoms with Crippen LogP contribution in [0, 0.1) is 0 Å². The Labute approximate surface area is 156 Å². The van der Waals surface area contributed by atoms with Gasteiger partial charge in [0.1, 0.15) is 0 Å². The Morgan fingerprint density at radius 2 is 1.42 bits per heavy atom. The van der Waals surface area contributed by atoms with Crippen molar-refractivity contribution in [2.45, 2.75) is 6.61 Å². The van der Waals surface area contributed by atoms with Crippen LogP contribution < -0.4 is 0 Å². The predicted octanol–water partition coefficient (Wildman–Crippen LogP) is 6.26. The highest BCUT2D eigenvalue weighted by Crippen LogP contribution is 2.31. The maximum Gasteiger partial charge on any atom is 0.160 e. The minimum absolute atomic E-state index is 0.149. The lowest BCUT2D eigenvalue weighted by atomic mass is 10.4. The number of thiophene rings is 4. The highest BCUT2D eigenvalue weighted by molar-refractivity contribution is 7.22. The van der Waals surface area contributed by atoms with Crippen molar-refractivity contribution in [2.24, 2.45) is 0 Å². The van der Waals surface area contributed by atoms with Crippen molar-refractivity contribution in [2.75, 3.05) is 0 Å². The van der Waals surface area contributed by atoms with Crippen molar-refractivity contribution in [3.8, 4) is 19.5 Å². The van der Waals surface area contributed by atoms with Crippen LogP contribution in [0.4, 0.5) is 0 Å². The van der Waals surface area contributed by atoms with Gasteiger partial charge in [0.05, 0.1) is 11.5 Å². The number of hydrogen-bond donors (Lipinski definition) is 1. The molecule has 0 amide bonds. The lowest BCUT2D eigenvalue weighted by molar-refractivity contribution is 0.112. The van der Waals surface area contributed by atoms with Crippen LogP contribution >= 0.6 is 45.3 Å². The number of aliphatic hydroxyl groups is 1. The average Bonchev–Trinajstić information content (AvgIpc) is 3.43. The fourth-order valence-corrected chi connectivity index (χ4v) is 5.34. The van der Waals surface area contributed by atoms with Crippen molar-refractivity contribution < 1.29 is 9.90 Å². The minimum atomic E-state index is 0.149. The van der Waals surface area contributed by atoms with Gasteiger partial charge in [-0.15, -0.1) is 45.3 Å². The number of rotatable bonds is 4. The van der Waals surface area contributed by atoms with Gasteiger partial charge in [0.2, 0.25) is 0 Å². The molecule has 0 bridgehead atoms. The van der Waals surface area contributed by atoms with E-state index >= 15 is 0 Å². The molecule has 4 aromatic heterocycles. The first-order valence-electron chi connectivity index (χ1n) is 7.12. The molecule has 4 rings (SSSR count). The minimum Gasteiger partial charge on any atom is -0.391 e. The summed E-state index contributed by atoms with van der Waals surface area (Å²) in [6, 6.07) is 16.1. The summed E-state index contributed by atoms with van der Waals surface area (Å²) in [5.41, 5.74) is 0. The molecule has 0 aliphatic rings. The Morgan fingerprint density at radius 3 is 1.88 bits per heavy atom. The van der Waals surface area contributed by atoms with E-state index in [1.807, 2.05) is 35.7 Å². The van der Waals surface area contributed by atoms with Gasteiger partial charge in [0.25, 0.3) is 0 Å². The van der Waals surface area contributed by atoms with Crippen LogP contribution in [-0.4, -0.2) is 11.4 Å². The molecule has 2 nitrogen and oxygen atoms in total. The monoisotopic (exact) mass is 390 g/mol. The quantitative estimate of drug-likeness (QED) is 0.418. The van der Waals surface area contributed by atoms with Gasteiger partial charge in [-0.25, -0.2) is 0 Å². The van der Waals surface area contributed by atoms with E-state index < -0.39 is 0 Å². The number of carbonyl (C=O) groups excluding carboxylic acids is 1. The summed E-state index contributed by atoms with van der Waals surface area (Å²) in [5.74, 6) is 0. The van der Waals surface area contributed by atoms with Gasteiger partial charge in [-0.3, -0.25) is 4.79 Å². The van der Waals surface area contributed by atoms with Crippen molar-refractivity contribution in [1.82, 2.24) is 0 Å². The van der Waals surface area contributed by atoms with Crippen molar-refractivity contribution >= 4 is 51.6 Å². The molecule has 0 fully saturated rings. The molecule has 4 aromatic rings. The molecule has 0 aliphatic carbocycles. The SMILES string of the molecule is O=Cc1ccc(-c2cccs2)s1.OCc1ccc(-c2cccs2)s1. The highest BCUT2D eigenvalue weighted by Gasteiger charge is 2.02. The molecule has 0 atom stereocenters. The molecule has 1 N–H and O–H groups in total. The predicted molar refractivity (Wildman–Crippen MR) is 107 cm³/mol. The van der Waals surface area contributed by atoms with Gasteiger partial charge in [-0.1, -0.05) is 12.1 Å². The largest absolute Gasteiger partial charge is 0.391 e. The zero-order valence-electron chi connectivity index (χ0n) is 12.5. The third kappa shape index (κ3) is 4.28. The topological polar surface area (TPSA) is 37.3 Å². The molecule has 0 radical (unpaired) electrons. The molecule has 24 heavy (non-hydrogen) atoms. The van der Waals surface area contributed by atoms with Gasteiger partial charge in [0.15, 0.2) is 6.29 Å². The molecule has 122 valence electrons. The first-order valence-corrected chi connectivity index (χ1v) is 10.5. The summed E-state index contributed by atoms with van der Waals surface area (Å²) < 4.78 is 0. The summed E-state index contributed by atoms with van der Waals surface area (Å²) in [6.07, 6.45) is 0.891. The zero-order chi connectivity index (χ0) is 16.8. The first-order chi connectivity index (χ1) is 11.8. The molecule has 4 heterocycles. The molecule has 0 saturated carbocycles. The lowest BCUT2D eigenvalue weighted by Crippen LogP contribution is -1.69. The smallest absolute Gasteiger partial charge is 0.160 e. The van der Waals surface area contributed by atoms with Crippen LogP contribution in [0.2, 0.25) is 0 Å².